The van der Waals surface area contributed by atoms with Crippen LogP contribution in [-0.2, 0) is 9.47 Å². The minimum absolute atomic E-state index is 0.246. The standard InChI is InChI=1S/C15H14N2O4/c18-13-5-4-11(9-16-13)14(19)17-12-3-1-2-10(8-12)15-20-6-7-21-15/h1-5,8-9,15H,6-7H2,(H,16,18)(H,17,19). The highest BCUT2D eigenvalue weighted by Crippen LogP contribution is 2.25. The Morgan fingerprint density at radius 1 is 1.19 bits per heavy atom. The van der Waals surface area contributed by atoms with Gasteiger partial charge in [-0.25, -0.2) is 0 Å². The normalized spacial score (nSPS) is 15.0. The third-order valence-corrected chi connectivity index (χ3v) is 3.08. The second-order valence-corrected chi connectivity index (χ2v) is 4.59. The molecule has 6 nitrogen and oxygen atoms in total. The number of amides is 1. The van der Waals surface area contributed by atoms with Crippen molar-refractivity contribution in [2.45, 2.75) is 6.29 Å². The molecule has 0 radical (unpaired) electrons. The van der Waals surface area contributed by atoms with E-state index in [0.29, 0.717) is 24.5 Å². The number of benzene rings is 1. The number of carbonyl (C=O) groups excluding carboxylic acids is 1. The average molecular weight is 286 g/mol. The van der Waals surface area contributed by atoms with Crippen molar-refractivity contribution in [1.82, 2.24) is 4.98 Å². The molecule has 2 heterocycles. The van der Waals surface area contributed by atoms with Gasteiger partial charge in [0.25, 0.3) is 5.91 Å². The van der Waals surface area contributed by atoms with Crippen molar-refractivity contribution in [3.63, 3.8) is 0 Å². The zero-order chi connectivity index (χ0) is 14.7. The van der Waals surface area contributed by atoms with Gasteiger partial charge in [-0.05, 0) is 18.2 Å². The highest BCUT2D eigenvalue weighted by atomic mass is 16.7. The smallest absolute Gasteiger partial charge is 0.257 e. The van der Waals surface area contributed by atoms with E-state index in [9.17, 15) is 9.59 Å². The van der Waals surface area contributed by atoms with Crippen LogP contribution in [0.1, 0.15) is 22.2 Å². The molecule has 2 N–H and O–H groups in total. The largest absolute Gasteiger partial charge is 0.346 e. The van der Waals surface area contributed by atoms with Gasteiger partial charge in [0, 0.05) is 23.5 Å². The molecule has 1 amide bonds. The van der Waals surface area contributed by atoms with Crippen molar-refractivity contribution in [2.75, 3.05) is 18.5 Å². The Morgan fingerprint density at radius 3 is 2.71 bits per heavy atom. The van der Waals surface area contributed by atoms with E-state index < -0.39 is 0 Å². The minimum atomic E-state index is -0.380. The molecule has 1 aromatic carbocycles. The van der Waals surface area contributed by atoms with Crippen molar-refractivity contribution in [3.05, 3.63) is 64.1 Å². The molecule has 1 aliphatic heterocycles. The van der Waals surface area contributed by atoms with Gasteiger partial charge in [-0.1, -0.05) is 12.1 Å². The number of aromatic nitrogens is 1. The monoisotopic (exact) mass is 286 g/mol. The van der Waals surface area contributed by atoms with Gasteiger partial charge in [0.05, 0.1) is 18.8 Å². The first-order chi connectivity index (χ1) is 10.2. The summed E-state index contributed by atoms with van der Waals surface area (Å²) in [5, 5.41) is 2.77. The first-order valence-corrected chi connectivity index (χ1v) is 6.56. The van der Waals surface area contributed by atoms with Crippen LogP contribution in [0.25, 0.3) is 0 Å². The predicted molar refractivity (Wildman–Crippen MR) is 76.1 cm³/mol. The number of anilines is 1. The van der Waals surface area contributed by atoms with E-state index in [0.717, 1.165) is 5.56 Å². The summed E-state index contributed by atoms with van der Waals surface area (Å²) in [7, 11) is 0. The molecular formula is C15H14N2O4. The summed E-state index contributed by atoms with van der Waals surface area (Å²) >= 11 is 0. The van der Waals surface area contributed by atoms with Gasteiger partial charge in [0.1, 0.15) is 0 Å². The Kier molecular flexibility index (Phi) is 3.81. The summed E-state index contributed by atoms with van der Waals surface area (Å²) in [6, 6.07) is 10.1. The van der Waals surface area contributed by atoms with Gasteiger partial charge >= 0.3 is 0 Å². The van der Waals surface area contributed by atoms with Crippen LogP contribution in [0.4, 0.5) is 5.69 Å². The topological polar surface area (TPSA) is 80.4 Å². The van der Waals surface area contributed by atoms with Crippen molar-refractivity contribution in [1.29, 1.82) is 0 Å². The summed E-state index contributed by atoms with van der Waals surface area (Å²) in [6.45, 7) is 1.14. The zero-order valence-electron chi connectivity index (χ0n) is 11.2. The quantitative estimate of drug-likeness (QED) is 0.899. The van der Waals surface area contributed by atoms with E-state index in [2.05, 4.69) is 10.3 Å². The lowest BCUT2D eigenvalue weighted by Gasteiger charge is -2.11. The van der Waals surface area contributed by atoms with Gasteiger partial charge in [-0.2, -0.15) is 0 Å². The van der Waals surface area contributed by atoms with E-state index in [1.54, 1.807) is 12.1 Å². The van der Waals surface area contributed by atoms with Crippen LogP contribution in [-0.4, -0.2) is 24.1 Å². The molecular weight excluding hydrogens is 272 g/mol. The fourth-order valence-corrected chi connectivity index (χ4v) is 2.07. The van der Waals surface area contributed by atoms with E-state index in [1.807, 2.05) is 12.1 Å². The number of aromatic amines is 1. The first kappa shape index (κ1) is 13.5. The lowest BCUT2D eigenvalue weighted by atomic mass is 10.2. The molecule has 1 fully saturated rings. The van der Waals surface area contributed by atoms with Gasteiger partial charge < -0.3 is 19.8 Å². The molecule has 6 heteroatoms. The molecule has 1 aromatic heterocycles. The van der Waals surface area contributed by atoms with Crippen molar-refractivity contribution < 1.29 is 14.3 Å². The minimum Gasteiger partial charge on any atom is -0.346 e. The number of ether oxygens (including phenoxy) is 2. The van der Waals surface area contributed by atoms with Gasteiger partial charge in [-0.15, -0.1) is 0 Å². The molecule has 108 valence electrons. The van der Waals surface area contributed by atoms with Crippen LogP contribution in [0, 0.1) is 0 Å². The third kappa shape index (κ3) is 3.18. The number of pyridine rings is 1. The van der Waals surface area contributed by atoms with Crippen molar-refractivity contribution in [3.8, 4) is 0 Å². The van der Waals surface area contributed by atoms with Crippen molar-refractivity contribution >= 4 is 11.6 Å². The fraction of sp³-hybridized carbons (Fsp3) is 0.200. The number of hydrogen-bond donors (Lipinski definition) is 2. The van der Waals surface area contributed by atoms with E-state index in [4.69, 9.17) is 9.47 Å². The summed E-state index contributed by atoms with van der Waals surface area (Å²) < 4.78 is 10.8. The maximum atomic E-state index is 12.1. The fourth-order valence-electron chi connectivity index (χ4n) is 2.07. The first-order valence-electron chi connectivity index (χ1n) is 6.56. The molecule has 1 aliphatic rings. The van der Waals surface area contributed by atoms with Gasteiger partial charge in [0.15, 0.2) is 6.29 Å². The summed E-state index contributed by atoms with van der Waals surface area (Å²) in [4.78, 5) is 25.5. The molecule has 1 saturated heterocycles. The van der Waals surface area contributed by atoms with Crippen LogP contribution < -0.4 is 10.9 Å². The lowest BCUT2D eigenvalue weighted by molar-refractivity contribution is -0.0440. The van der Waals surface area contributed by atoms with Gasteiger partial charge in [-0.3, -0.25) is 9.59 Å². The Labute approximate surface area is 120 Å². The highest BCUT2D eigenvalue weighted by molar-refractivity contribution is 6.04. The van der Waals surface area contributed by atoms with Crippen molar-refractivity contribution in [2.24, 2.45) is 0 Å². The van der Waals surface area contributed by atoms with Crippen LogP contribution in [0.2, 0.25) is 0 Å². The molecule has 3 rings (SSSR count). The molecule has 21 heavy (non-hydrogen) atoms. The SMILES string of the molecule is O=C(Nc1cccc(C2OCCO2)c1)c1ccc(=O)[nH]c1. The predicted octanol–water partition coefficient (Wildman–Crippen LogP) is 1.67. The Hall–Kier alpha value is -2.44. The number of rotatable bonds is 3. The average Bonchev–Trinajstić information content (AvgIpc) is 3.02. The number of H-pyrrole nitrogens is 1. The Morgan fingerprint density at radius 2 is 2.00 bits per heavy atom. The highest BCUT2D eigenvalue weighted by Gasteiger charge is 2.18. The van der Waals surface area contributed by atoms with Gasteiger partial charge in [0.2, 0.25) is 5.56 Å². The number of hydrogen-bond acceptors (Lipinski definition) is 4. The molecule has 0 atom stereocenters. The van der Waals surface area contributed by atoms with E-state index >= 15 is 0 Å². The number of carbonyl (C=O) groups is 1. The molecule has 0 bridgehead atoms. The summed E-state index contributed by atoms with van der Waals surface area (Å²) in [5.74, 6) is -0.295. The molecule has 0 spiro atoms. The van der Waals surface area contributed by atoms with Crippen LogP contribution in [0.5, 0.6) is 0 Å². The molecule has 0 saturated carbocycles. The number of nitrogens with one attached hydrogen (secondary N) is 2. The Balaban J connectivity index is 1.75. The lowest BCUT2D eigenvalue weighted by Crippen LogP contribution is -2.14. The van der Waals surface area contributed by atoms with Crippen LogP contribution in [0.3, 0.4) is 0 Å². The molecule has 0 aliphatic carbocycles. The maximum absolute atomic E-state index is 12.1. The third-order valence-electron chi connectivity index (χ3n) is 3.08. The van der Waals surface area contributed by atoms with Crippen LogP contribution >= 0.6 is 0 Å². The summed E-state index contributed by atoms with van der Waals surface area (Å²) in [5.41, 5.74) is 1.63. The van der Waals surface area contributed by atoms with Crippen LogP contribution in [0.15, 0.2) is 47.4 Å². The second kappa shape index (κ2) is 5.90. The molecule has 2 aromatic rings. The molecule has 0 unspecified atom stereocenters. The summed E-state index contributed by atoms with van der Waals surface area (Å²) in [6.07, 6.45) is 1.000. The Bertz CT molecular complexity index is 684. The van der Waals surface area contributed by atoms with E-state index in [1.165, 1.54) is 18.3 Å². The van der Waals surface area contributed by atoms with E-state index in [-0.39, 0.29) is 17.8 Å². The second-order valence-electron chi connectivity index (χ2n) is 4.59. The zero-order valence-corrected chi connectivity index (χ0v) is 11.2. The maximum Gasteiger partial charge on any atom is 0.257 e.